The molecule has 82 valence electrons. The Bertz CT molecular complexity index is 333. The summed E-state index contributed by atoms with van der Waals surface area (Å²) in [5.74, 6) is 0. The molecular formula is C13H18BrN. The maximum absolute atomic E-state index is 4.04. The zero-order valence-corrected chi connectivity index (χ0v) is 11.0. The molecule has 1 rings (SSSR count). The van der Waals surface area contributed by atoms with E-state index in [0.29, 0.717) is 0 Å². The van der Waals surface area contributed by atoms with E-state index in [1.165, 1.54) is 5.56 Å². The monoisotopic (exact) mass is 267 g/mol. The fraction of sp³-hybridized carbons (Fsp3) is 0.385. The highest BCUT2D eigenvalue weighted by Crippen LogP contribution is 2.27. The molecule has 0 aliphatic carbocycles. The molecule has 0 aliphatic rings. The van der Waals surface area contributed by atoms with Crippen LogP contribution in [0, 0.1) is 0 Å². The zero-order chi connectivity index (χ0) is 11.3. The molecule has 1 atom stereocenters. The first-order chi connectivity index (χ1) is 7.16. The van der Waals surface area contributed by atoms with Gasteiger partial charge in [-0.3, -0.25) is 0 Å². The van der Waals surface area contributed by atoms with Gasteiger partial charge in [-0.05, 0) is 31.5 Å². The van der Waals surface area contributed by atoms with Crippen LogP contribution < -0.4 is 5.32 Å². The van der Waals surface area contributed by atoms with Crippen LogP contribution in [-0.2, 0) is 0 Å². The van der Waals surface area contributed by atoms with Gasteiger partial charge in [-0.1, -0.05) is 53.2 Å². The summed E-state index contributed by atoms with van der Waals surface area (Å²) in [6.45, 7) is 9.29. The summed E-state index contributed by atoms with van der Waals surface area (Å²) in [5.41, 5.74) is 2.41. The van der Waals surface area contributed by atoms with Gasteiger partial charge in [-0.15, -0.1) is 0 Å². The van der Waals surface area contributed by atoms with E-state index in [-0.39, 0.29) is 6.04 Å². The SMILES string of the molecule is C=C(C)C(NCCC)c1ccccc1Br. The van der Waals surface area contributed by atoms with Gasteiger partial charge in [0.25, 0.3) is 0 Å². The summed E-state index contributed by atoms with van der Waals surface area (Å²) in [7, 11) is 0. The maximum Gasteiger partial charge on any atom is 0.0541 e. The lowest BCUT2D eigenvalue weighted by molar-refractivity contribution is 0.589. The smallest absolute Gasteiger partial charge is 0.0541 e. The molecule has 2 heteroatoms. The molecule has 1 N–H and O–H groups in total. The molecular weight excluding hydrogens is 250 g/mol. The van der Waals surface area contributed by atoms with Gasteiger partial charge in [0.2, 0.25) is 0 Å². The quantitative estimate of drug-likeness (QED) is 0.794. The highest BCUT2D eigenvalue weighted by atomic mass is 79.9. The first-order valence-corrected chi connectivity index (χ1v) is 6.09. The van der Waals surface area contributed by atoms with Gasteiger partial charge in [0.1, 0.15) is 0 Å². The van der Waals surface area contributed by atoms with Crippen molar-refractivity contribution in [3.8, 4) is 0 Å². The van der Waals surface area contributed by atoms with E-state index in [9.17, 15) is 0 Å². The van der Waals surface area contributed by atoms with E-state index in [4.69, 9.17) is 0 Å². The summed E-state index contributed by atoms with van der Waals surface area (Å²) < 4.78 is 1.14. The molecule has 1 nitrogen and oxygen atoms in total. The minimum Gasteiger partial charge on any atom is -0.307 e. The molecule has 1 aromatic rings. The third-order valence-electron chi connectivity index (χ3n) is 2.31. The van der Waals surface area contributed by atoms with Crippen LogP contribution in [0.25, 0.3) is 0 Å². The minimum atomic E-state index is 0.250. The second kappa shape index (κ2) is 6.09. The fourth-order valence-corrected chi connectivity index (χ4v) is 2.06. The minimum absolute atomic E-state index is 0.250. The van der Waals surface area contributed by atoms with E-state index in [2.05, 4.69) is 59.9 Å². The molecule has 0 saturated carbocycles. The Hall–Kier alpha value is -0.600. The topological polar surface area (TPSA) is 12.0 Å². The Morgan fingerprint density at radius 3 is 2.67 bits per heavy atom. The Morgan fingerprint density at radius 2 is 2.13 bits per heavy atom. The highest BCUT2D eigenvalue weighted by Gasteiger charge is 2.13. The zero-order valence-electron chi connectivity index (χ0n) is 9.39. The number of hydrogen-bond acceptors (Lipinski definition) is 1. The Labute approximate surface area is 101 Å². The second-order valence-corrected chi connectivity index (χ2v) is 4.61. The van der Waals surface area contributed by atoms with E-state index < -0.39 is 0 Å². The largest absolute Gasteiger partial charge is 0.307 e. The molecule has 0 bridgehead atoms. The van der Waals surface area contributed by atoms with Crippen molar-refractivity contribution in [3.63, 3.8) is 0 Å². The first-order valence-electron chi connectivity index (χ1n) is 5.30. The summed E-state index contributed by atoms with van der Waals surface area (Å²) in [6, 6.07) is 8.54. The van der Waals surface area contributed by atoms with E-state index in [1.54, 1.807) is 0 Å². The summed E-state index contributed by atoms with van der Waals surface area (Å²) in [4.78, 5) is 0. The molecule has 0 fully saturated rings. The third-order valence-corrected chi connectivity index (χ3v) is 3.03. The van der Waals surface area contributed by atoms with E-state index >= 15 is 0 Å². The molecule has 1 unspecified atom stereocenters. The molecule has 0 heterocycles. The molecule has 0 aliphatic heterocycles. The average molecular weight is 268 g/mol. The summed E-state index contributed by atoms with van der Waals surface area (Å²) in [5, 5.41) is 3.50. The van der Waals surface area contributed by atoms with Crippen molar-refractivity contribution in [3.05, 3.63) is 46.5 Å². The van der Waals surface area contributed by atoms with Gasteiger partial charge in [0.05, 0.1) is 6.04 Å². The third kappa shape index (κ3) is 3.47. The number of halogens is 1. The van der Waals surface area contributed by atoms with Gasteiger partial charge >= 0.3 is 0 Å². The van der Waals surface area contributed by atoms with E-state index in [0.717, 1.165) is 23.0 Å². The maximum atomic E-state index is 4.04. The molecule has 0 amide bonds. The van der Waals surface area contributed by atoms with Gasteiger partial charge < -0.3 is 5.32 Å². The van der Waals surface area contributed by atoms with Crippen LogP contribution in [0.15, 0.2) is 40.9 Å². The molecule has 0 saturated heterocycles. The van der Waals surface area contributed by atoms with E-state index in [1.807, 2.05) is 6.07 Å². The lowest BCUT2D eigenvalue weighted by atomic mass is 10.0. The molecule has 0 spiro atoms. The summed E-state index contributed by atoms with van der Waals surface area (Å²) in [6.07, 6.45) is 1.13. The number of hydrogen-bond donors (Lipinski definition) is 1. The fourth-order valence-electron chi connectivity index (χ4n) is 1.55. The molecule has 0 aromatic heterocycles. The predicted molar refractivity (Wildman–Crippen MR) is 70.0 cm³/mol. The lowest BCUT2D eigenvalue weighted by Gasteiger charge is -2.20. The van der Waals surface area contributed by atoms with Gasteiger partial charge in [-0.25, -0.2) is 0 Å². The van der Waals surface area contributed by atoms with Crippen molar-refractivity contribution in [2.75, 3.05) is 6.54 Å². The normalized spacial score (nSPS) is 12.5. The Kier molecular flexibility index (Phi) is 5.06. The first kappa shape index (κ1) is 12.5. The van der Waals surface area contributed by atoms with Crippen LogP contribution in [0.2, 0.25) is 0 Å². The molecule has 1 aromatic carbocycles. The Morgan fingerprint density at radius 1 is 1.47 bits per heavy atom. The van der Waals surface area contributed by atoms with Crippen molar-refractivity contribution in [2.24, 2.45) is 0 Å². The van der Waals surface area contributed by atoms with Crippen LogP contribution in [0.1, 0.15) is 31.9 Å². The molecule has 15 heavy (non-hydrogen) atoms. The number of rotatable bonds is 5. The van der Waals surface area contributed by atoms with Crippen molar-refractivity contribution < 1.29 is 0 Å². The number of nitrogens with one attached hydrogen (secondary N) is 1. The van der Waals surface area contributed by atoms with Gasteiger partial charge in [0, 0.05) is 4.47 Å². The average Bonchev–Trinajstić information content (AvgIpc) is 2.20. The van der Waals surface area contributed by atoms with Gasteiger partial charge in [0.15, 0.2) is 0 Å². The van der Waals surface area contributed by atoms with Crippen LogP contribution in [-0.4, -0.2) is 6.54 Å². The van der Waals surface area contributed by atoms with Crippen molar-refractivity contribution in [2.45, 2.75) is 26.3 Å². The predicted octanol–water partition coefficient (Wildman–Crippen LogP) is 4.07. The van der Waals surface area contributed by atoms with Crippen molar-refractivity contribution in [1.29, 1.82) is 0 Å². The van der Waals surface area contributed by atoms with Gasteiger partial charge in [-0.2, -0.15) is 0 Å². The highest BCUT2D eigenvalue weighted by molar-refractivity contribution is 9.10. The molecule has 0 radical (unpaired) electrons. The lowest BCUT2D eigenvalue weighted by Crippen LogP contribution is -2.23. The van der Waals surface area contributed by atoms with Crippen LogP contribution in [0.5, 0.6) is 0 Å². The van der Waals surface area contributed by atoms with Crippen LogP contribution in [0.4, 0.5) is 0 Å². The Balaban J connectivity index is 2.89. The van der Waals surface area contributed by atoms with Crippen molar-refractivity contribution >= 4 is 15.9 Å². The standard InChI is InChI=1S/C13H18BrN/c1-4-9-15-13(10(2)3)11-7-5-6-8-12(11)14/h5-8,13,15H,2,4,9H2,1,3H3. The van der Waals surface area contributed by atoms with Crippen molar-refractivity contribution in [1.82, 2.24) is 5.32 Å². The summed E-state index contributed by atoms with van der Waals surface area (Å²) >= 11 is 3.58. The van der Waals surface area contributed by atoms with Crippen LogP contribution >= 0.6 is 15.9 Å². The second-order valence-electron chi connectivity index (χ2n) is 3.76. The number of benzene rings is 1. The van der Waals surface area contributed by atoms with Crippen LogP contribution in [0.3, 0.4) is 0 Å².